The fraction of sp³-hybridized carbons (Fsp3) is 0.448. The van der Waals surface area contributed by atoms with Crippen LogP contribution in [0.25, 0.3) is 11.3 Å². The normalized spacial score (nSPS) is 17.5. The first-order valence-corrected chi connectivity index (χ1v) is 15.9. The zero-order valence-electron chi connectivity index (χ0n) is 24.0. The number of anilines is 1. The van der Waals surface area contributed by atoms with Gasteiger partial charge >= 0.3 is 6.18 Å². The van der Waals surface area contributed by atoms with Gasteiger partial charge in [-0.2, -0.15) is 22.6 Å². The standard InChI is InChI=1S/C29H35F3N6O4S/c1-33-28(40)23-5-3-4-6-25(23)36-15-13-35(14-16-36)17-22(39)18-38-26-11-12-37(43(2,41)42)19-24(26)27(34-38)20-7-9-21(10-8-20)29(30,31)32/h3-10,22,39H,11-19H2,1-2H3,(H,33,40). The maximum atomic E-state index is 13.1. The Labute approximate surface area is 248 Å². The van der Waals surface area contributed by atoms with Crippen LogP contribution in [-0.4, -0.2) is 97.1 Å². The summed E-state index contributed by atoms with van der Waals surface area (Å²) < 4.78 is 67.0. The van der Waals surface area contributed by atoms with E-state index in [4.69, 9.17) is 0 Å². The molecular formula is C29H35F3N6O4S. The molecule has 1 fully saturated rings. The second kappa shape index (κ2) is 12.3. The minimum Gasteiger partial charge on any atom is -0.390 e. The van der Waals surface area contributed by atoms with Crippen LogP contribution in [0, 0.1) is 0 Å². The van der Waals surface area contributed by atoms with Crippen molar-refractivity contribution < 1.29 is 31.5 Å². The molecule has 1 aromatic heterocycles. The Morgan fingerprint density at radius 3 is 2.33 bits per heavy atom. The summed E-state index contributed by atoms with van der Waals surface area (Å²) in [5, 5.41) is 18.4. The Balaban J connectivity index is 1.30. The topological polar surface area (TPSA) is 111 Å². The number of hydrogen-bond donors (Lipinski definition) is 2. The van der Waals surface area contributed by atoms with Gasteiger partial charge in [0.2, 0.25) is 10.0 Å². The van der Waals surface area contributed by atoms with Crippen LogP contribution in [0.4, 0.5) is 18.9 Å². The Kier molecular flexibility index (Phi) is 8.84. The number of para-hydroxylation sites is 1. The Bertz CT molecular complexity index is 1570. The zero-order chi connectivity index (χ0) is 30.9. The molecule has 1 amide bonds. The molecule has 2 N–H and O–H groups in total. The number of aliphatic hydroxyl groups is 1. The molecule has 3 heterocycles. The lowest BCUT2D eigenvalue weighted by molar-refractivity contribution is -0.137. The Morgan fingerprint density at radius 1 is 1.02 bits per heavy atom. The SMILES string of the molecule is CNC(=O)c1ccccc1N1CCN(CC(O)Cn2nc(-c3ccc(C(F)(F)F)cc3)c3c2CCN(S(C)(=O)=O)C3)CC1. The van der Waals surface area contributed by atoms with E-state index < -0.39 is 27.9 Å². The highest BCUT2D eigenvalue weighted by molar-refractivity contribution is 7.88. The van der Waals surface area contributed by atoms with E-state index in [0.717, 1.165) is 29.8 Å². The Morgan fingerprint density at radius 2 is 1.70 bits per heavy atom. The number of rotatable bonds is 8. The second-order valence-electron chi connectivity index (χ2n) is 10.9. The van der Waals surface area contributed by atoms with E-state index >= 15 is 0 Å². The number of hydrogen-bond acceptors (Lipinski definition) is 7. The molecule has 232 valence electrons. The summed E-state index contributed by atoms with van der Waals surface area (Å²) in [4.78, 5) is 16.6. The second-order valence-corrected chi connectivity index (χ2v) is 12.9. The average molecular weight is 621 g/mol. The molecule has 3 aromatic rings. The summed E-state index contributed by atoms with van der Waals surface area (Å²) in [5.74, 6) is -0.147. The van der Waals surface area contributed by atoms with E-state index in [2.05, 4.69) is 20.2 Å². The molecular weight excluding hydrogens is 585 g/mol. The van der Waals surface area contributed by atoms with Crippen LogP contribution in [0.5, 0.6) is 0 Å². The number of amides is 1. The minimum atomic E-state index is -4.48. The number of β-amino-alcohol motifs (C(OH)–C–C–N with tert-alkyl or cyclic N) is 1. The van der Waals surface area contributed by atoms with Gasteiger partial charge in [-0.05, 0) is 24.3 Å². The lowest BCUT2D eigenvalue weighted by Crippen LogP contribution is -2.49. The monoisotopic (exact) mass is 620 g/mol. The van der Waals surface area contributed by atoms with Crippen molar-refractivity contribution in [2.45, 2.75) is 31.8 Å². The number of nitrogens with one attached hydrogen (secondary N) is 1. The lowest BCUT2D eigenvalue weighted by atomic mass is 10.0. The van der Waals surface area contributed by atoms with Crippen LogP contribution in [0.15, 0.2) is 48.5 Å². The van der Waals surface area contributed by atoms with E-state index in [-0.39, 0.29) is 25.5 Å². The first kappa shape index (κ1) is 31.0. The molecule has 0 radical (unpaired) electrons. The number of benzene rings is 2. The Hall–Kier alpha value is -3.46. The molecule has 1 saturated heterocycles. The summed E-state index contributed by atoms with van der Waals surface area (Å²) >= 11 is 0. The predicted molar refractivity (Wildman–Crippen MR) is 156 cm³/mol. The molecule has 0 saturated carbocycles. The van der Waals surface area contributed by atoms with Crippen molar-refractivity contribution in [3.05, 3.63) is 70.9 Å². The molecule has 1 atom stereocenters. The van der Waals surface area contributed by atoms with Crippen molar-refractivity contribution >= 4 is 21.6 Å². The molecule has 0 bridgehead atoms. The molecule has 43 heavy (non-hydrogen) atoms. The third kappa shape index (κ3) is 6.87. The third-order valence-corrected chi connectivity index (χ3v) is 9.24. The summed E-state index contributed by atoms with van der Waals surface area (Å²) in [7, 11) is -1.89. The molecule has 10 nitrogen and oxygen atoms in total. The van der Waals surface area contributed by atoms with Gasteiger partial charge in [0.25, 0.3) is 5.91 Å². The van der Waals surface area contributed by atoms with Gasteiger partial charge < -0.3 is 15.3 Å². The van der Waals surface area contributed by atoms with Crippen LogP contribution in [0.3, 0.4) is 0 Å². The van der Waals surface area contributed by atoms with Gasteiger partial charge in [-0.1, -0.05) is 24.3 Å². The van der Waals surface area contributed by atoms with Crippen molar-refractivity contribution in [1.82, 2.24) is 24.3 Å². The van der Waals surface area contributed by atoms with E-state index in [1.807, 2.05) is 18.2 Å². The zero-order valence-corrected chi connectivity index (χ0v) is 24.8. The first-order chi connectivity index (χ1) is 20.3. The van der Waals surface area contributed by atoms with Gasteiger partial charge in [-0.25, -0.2) is 8.42 Å². The van der Waals surface area contributed by atoms with Crippen molar-refractivity contribution in [1.29, 1.82) is 0 Å². The molecule has 1 unspecified atom stereocenters. The van der Waals surface area contributed by atoms with E-state index in [9.17, 15) is 31.5 Å². The number of halogens is 3. The van der Waals surface area contributed by atoms with Gasteiger partial charge in [0.15, 0.2) is 0 Å². The maximum Gasteiger partial charge on any atom is 0.416 e. The molecule has 14 heteroatoms. The highest BCUT2D eigenvalue weighted by Gasteiger charge is 2.33. The number of alkyl halides is 3. The molecule has 0 aliphatic carbocycles. The molecule has 2 aliphatic rings. The predicted octanol–water partition coefficient (Wildman–Crippen LogP) is 2.43. The summed E-state index contributed by atoms with van der Waals surface area (Å²) in [6.45, 7) is 3.55. The number of carbonyl (C=O) groups excluding carboxylic acids is 1. The molecule has 2 aromatic carbocycles. The van der Waals surface area contributed by atoms with Crippen LogP contribution >= 0.6 is 0 Å². The minimum absolute atomic E-state index is 0.0557. The van der Waals surface area contributed by atoms with Crippen molar-refractivity contribution in [3.63, 3.8) is 0 Å². The van der Waals surface area contributed by atoms with E-state index in [1.165, 1.54) is 16.4 Å². The smallest absolute Gasteiger partial charge is 0.390 e. The van der Waals surface area contributed by atoms with Gasteiger partial charge in [-0.3, -0.25) is 14.4 Å². The highest BCUT2D eigenvalue weighted by atomic mass is 32.2. The van der Waals surface area contributed by atoms with Crippen LogP contribution in [-0.2, 0) is 35.7 Å². The van der Waals surface area contributed by atoms with Gasteiger partial charge in [0.1, 0.15) is 0 Å². The number of aliphatic hydroxyl groups excluding tert-OH is 1. The summed E-state index contributed by atoms with van der Waals surface area (Å²) in [5.41, 5.74) is 2.95. The average Bonchev–Trinajstić information content (AvgIpc) is 3.33. The number of aromatic nitrogens is 2. The van der Waals surface area contributed by atoms with Gasteiger partial charge in [0, 0.05) is 81.8 Å². The van der Waals surface area contributed by atoms with Crippen molar-refractivity contribution in [3.8, 4) is 11.3 Å². The van der Waals surface area contributed by atoms with Gasteiger partial charge in [0.05, 0.1) is 35.7 Å². The van der Waals surface area contributed by atoms with Crippen molar-refractivity contribution in [2.75, 3.05) is 57.5 Å². The molecule has 0 spiro atoms. The molecule has 5 rings (SSSR count). The lowest BCUT2D eigenvalue weighted by Gasteiger charge is -2.37. The largest absolute Gasteiger partial charge is 0.416 e. The fourth-order valence-electron chi connectivity index (χ4n) is 5.75. The molecule has 2 aliphatic heterocycles. The summed E-state index contributed by atoms with van der Waals surface area (Å²) in [6, 6.07) is 12.1. The number of fused-ring (bicyclic) bond motifs is 1. The number of piperazine rings is 1. The summed E-state index contributed by atoms with van der Waals surface area (Å²) in [6.07, 6.45) is -3.78. The quantitative estimate of drug-likeness (QED) is 0.398. The highest BCUT2D eigenvalue weighted by Crippen LogP contribution is 2.34. The van der Waals surface area contributed by atoms with E-state index in [1.54, 1.807) is 17.8 Å². The van der Waals surface area contributed by atoms with E-state index in [0.29, 0.717) is 61.5 Å². The number of sulfonamides is 1. The van der Waals surface area contributed by atoms with Crippen LogP contribution < -0.4 is 10.2 Å². The van der Waals surface area contributed by atoms with Crippen LogP contribution in [0.2, 0.25) is 0 Å². The number of nitrogens with zero attached hydrogens (tertiary/aromatic N) is 5. The fourth-order valence-corrected chi connectivity index (χ4v) is 6.54. The first-order valence-electron chi connectivity index (χ1n) is 14.0. The number of carbonyl (C=O) groups is 1. The van der Waals surface area contributed by atoms with Crippen molar-refractivity contribution in [2.24, 2.45) is 0 Å². The third-order valence-electron chi connectivity index (χ3n) is 7.99. The maximum absolute atomic E-state index is 13.1. The van der Waals surface area contributed by atoms with Gasteiger partial charge in [-0.15, -0.1) is 0 Å². The van der Waals surface area contributed by atoms with Crippen LogP contribution in [0.1, 0.15) is 27.2 Å².